The first-order valence-corrected chi connectivity index (χ1v) is 9.37. The van der Waals surface area contributed by atoms with Crippen molar-refractivity contribution in [3.63, 3.8) is 0 Å². The molecule has 1 unspecified atom stereocenters. The van der Waals surface area contributed by atoms with E-state index in [1.165, 1.54) is 32.1 Å². The van der Waals surface area contributed by atoms with E-state index >= 15 is 0 Å². The third kappa shape index (κ3) is 4.16. The summed E-state index contributed by atoms with van der Waals surface area (Å²) >= 11 is 0. The Morgan fingerprint density at radius 2 is 2.00 bits per heavy atom. The molecule has 1 aliphatic carbocycles. The summed E-state index contributed by atoms with van der Waals surface area (Å²) < 4.78 is 0. The zero-order valence-electron chi connectivity index (χ0n) is 14.8. The zero-order chi connectivity index (χ0) is 16.9. The van der Waals surface area contributed by atoms with Crippen LogP contribution < -0.4 is 5.32 Å². The Balaban J connectivity index is 1.61. The highest BCUT2D eigenvalue weighted by Crippen LogP contribution is 2.28. The molecule has 1 amide bonds. The summed E-state index contributed by atoms with van der Waals surface area (Å²) in [7, 11) is 0. The minimum atomic E-state index is -0.0590. The Morgan fingerprint density at radius 1 is 1.25 bits per heavy atom. The predicted molar refractivity (Wildman–Crippen MR) is 97.6 cm³/mol. The fourth-order valence-electron chi connectivity index (χ4n) is 3.73. The van der Waals surface area contributed by atoms with Gasteiger partial charge in [0.05, 0.1) is 17.1 Å². The van der Waals surface area contributed by atoms with Crippen molar-refractivity contribution >= 4 is 16.9 Å². The number of amides is 1. The van der Waals surface area contributed by atoms with Crippen molar-refractivity contribution in [2.45, 2.75) is 64.8 Å². The van der Waals surface area contributed by atoms with Crippen LogP contribution in [0.2, 0.25) is 0 Å². The van der Waals surface area contributed by atoms with Crippen LogP contribution in [0.5, 0.6) is 0 Å². The molecule has 1 saturated carbocycles. The van der Waals surface area contributed by atoms with E-state index in [0.717, 1.165) is 29.2 Å². The molecule has 0 radical (unpaired) electrons. The molecule has 24 heavy (non-hydrogen) atoms. The fourth-order valence-corrected chi connectivity index (χ4v) is 3.73. The highest BCUT2D eigenvalue weighted by molar-refractivity contribution is 5.77. The van der Waals surface area contributed by atoms with Crippen LogP contribution in [0.25, 0.3) is 11.0 Å². The Labute approximate surface area is 144 Å². The molecule has 4 heteroatoms. The molecular formula is C20H29N3O. The number of nitrogens with one attached hydrogen (secondary N) is 2. The van der Waals surface area contributed by atoms with E-state index in [2.05, 4.69) is 29.1 Å². The van der Waals surface area contributed by atoms with Crippen LogP contribution in [0.4, 0.5) is 0 Å². The number of rotatable bonds is 6. The number of nitrogens with zero attached hydrogens (tertiary/aromatic N) is 1. The Morgan fingerprint density at radius 3 is 2.71 bits per heavy atom. The first-order chi connectivity index (χ1) is 11.6. The van der Waals surface area contributed by atoms with E-state index in [-0.39, 0.29) is 11.9 Å². The average molecular weight is 327 g/mol. The quantitative estimate of drug-likeness (QED) is 0.805. The van der Waals surface area contributed by atoms with E-state index < -0.39 is 0 Å². The molecule has 1 atom stereocenters. The van der Waals surface area contributed by atoms with Crippen molar-refractivity contribution in [1.82, 2.24) is 15.3 Å². The molecule has 0 bridgehead atoms. The SMILES string of the molecule is CC(C)C(NC(=O)CCC1CCCCC1)c1nc2ccccc2[nH]1. The molecule has 2 aromatic rings. The van der Waals surface area contributed by atoms with Crippen LogP contribution >= 0.6 is 0 Å². The molecular weight excluding hydrogens is 298 g/mol. The lowest BCUT2D eigenvalue weighted by atomic mass is 9.86. The largest absolute Gasteiger partial charge is 0.346 e. The van der Waals surface area contributed by atoms with Gasteiger partial charge in [-0.15, -0.1) is 0 Å². The third-order valence-electron chi connectivity index (χ3n) is 5.19. The van der Waals surface area contributed by atoms with Gasteiger partial charge in [0, 0.05) is 6.42 Å². The van der Waals surface area contributed by atoms with Gasteiger partial charge < -0.3 is 10.3 Å². The van der Waals surface area contributed by atoms with E-state index in [1.807, 2.05) is 24.3 Å². The summed E-state index contributed by atoms with van der Waals surface area (Å²) in [6.45, 7) is 4.25. The number of imidazole rings is 1. The first-order valence-electron chi connectivity index (χ1n) is 9.37. The molecule has 1 aromatic heterocycles. The van der Waals surface area contributed by atoms with Crippen LogP contribution in [0.1, 0.15) is 70.7 Å². The maximum atomic E-state index is 12.4. The molecule has 0 spiro atoms. The second kappa shape index (κ2) is 7.82. The third-order valence-corrected chi connectivity index (χ3v) is 5.19. The summed E-state index contributed by atoms with van der Waals surface area (Å²) in [6, 6.07) is 7.94. The molecule has 1 aromatic carbocycles. The maximum Gasteiger partial charge on any atom is 0.220 e. The smallest absolute Gasteiger partial charge is 0.220 e. The van der Waals surface area contributed by atoms with Gasteiger partial charge in [-0.25, -0.2) is 4.98 Å². The van der Waals surface area contributed by atoms with Crippen LogP contribution in [0, 0.1) is 11.8 Å². The lowest BCUT2D eigenvalue weighted by Gasteiger charge is -2.23. The van der Waals surface area contributed by atoms with Crippen LogP contribution in [0.15, 0.2) is 24.3 Å². The van der Waals surface area contributed by atoms with E-state index in [0.29, 0.717) is 12.3 Å². The highest BCUT2D eigenvalue weighted by Gasteiger charge is 2.22. The van der Waals surface area contributed by atoms with Crippen molar-refractivity contribution in [3.8, 4) is 0 Å². The lowest BCUT2D eigenvalue weighted by molar-refractivity contribution is -0.122. The number of aromatic nitrogens is 2. The topological polar surface area (TPSA) is 57.8 Å². The van der Waals surface area contributed by atoms with E-state index in [1.54, 1.807) is 0 Å². The van der Waals surface area contributed by atoms with Gasteiger partial charge in [0.25, 0.3) is 0 Å². The van der Waals surface area contributed by atoms with Gasteiger partial charge in [0.2, 0.25) is 5.91 Å². The van der Waals surface area contributed by atoms with Crippen LogP contribution in [0.3, 0.4) is 0 Å². The van der Waals surface area contributed by atoms with Crippen molar-refractivity contribution in [1.29, 1.82) is 0 Å². The Bertz CT molecular complexity index is 637. The number of fused-ring (bicyclic) bond motifs is 1. The molecule has 0 saturated heterocycles. The van der Waals surface area contributed by atoms with Gasteiger partial charge in [-0.2, -0.15) is 0 Å². The van der Waals surface area contributed by atoms with Crippen LogP contribution in [-0.4, -0.2) is 15.9 Å². The molecule has 3 rings (SSSR count). The number of hydrogen-bond donors (Lipinski definition) is 2. The number of para-hydroxylation sites is 2. The molecule has 1 aliphatic rings. The molecule has 4 nitrogen and oxygen atoms in total. The second-order valence-corrected chi connectivity index (χ2v) is 7.47. The average Bonchev–Trinajstić information content (AvgIpc) is 3.02. The number of carbonyl (C=O) groups excluding carboxylic acids is 1. The summed E-state index contributed by atoms with van der Waals surface area (Å²) in [5, 5.41) is 3.20. The summed E-state index contributed by atoms with van der Waals surface area (Å²) in [6.07, 6.45) is 8.28. The van der Waals surface area contributed by atoms with Crippen molar-refractivity contribution in [3.05, 3.63) is 30.1 Å². The number of carbonyl (C=O) groups is 1. The standard InChI is InChI=1S/C20H29N3O/c1-14(2)19(20-21-16-10-6-7-11-17(16)22-20)23-18(24)13-12-15-8-4-3-5-9-15/h6-7,10-11,14-15,19H,3-5,8-9,12-13H2,1-2H3,(H,21,22)(H,23,24). The second-order valence-electron chi connectivity index (χ2n) is 7.47. The zero-order valence-corrected chi connectivity index (χ0v) is 14.8. The van der Waals surface area contributed by atoms with Crippen LogP contribution in [-0.2, 0) is 4.79 Å². The first kappa shape index (κ1) is 17.0. The van der Waals surface area contributed by atoms with Gasteiger partial charge in [-0.05, 0) is 30.4 Å². The fraction of sp³-hybridized carbons (Fsp3) is 0.600. The summed E-state index contributed by atoms with van der Waals surface area (Å²) in [5.41, 5.74) is 1.98. The number of hydrogen-bond acceptors (Lipinski definition) is 2. The number of aromatic amines is 1. The van der Waals surface area contributed by atoms with Crippen molar-refractivity contribution < 1.29 is 4.79 Å². The van der Waals surface area contributed by atoms with E-state index in [4.69, 9.17) is 0 Å². The van der Waals surface area contributed by atoms with Gasteiger partial charge in [-0.1, -0.05) is 58.1 Å². The Hall–Kier alpha value is -1.84. The van der Waals surface area contributed by atoms with Gasteiger partial charge in [0.1, 0.15) is 5.82 Å². The van der Waals surface area contributed by atoms with Crippen molar-refractivity contribution in [2.75, 3.05) is 0 Å². The normalized spacial score (nSPS) is 17.3. The Kier molecular flexibility index (Phi) is 5.54. The number of H-pyrrole nitrogens is 1. The molecule has 130 valence electrons. The maximum absolute atomic E-state index is 12.4. The monoisotopic (exact) mass is 327 g/mol. The van der Waals surface area contributed by atoms with Crippen molar-refractivity contribution in [2.24, 2.45) is 11.8 Å². The molecule has 2 N–H and O–H groups in total. The molecule has 1 heterocycles. The lowest BCUT2D eigenvalue weighted by Crippen LogP contribution is -2.32. The molecule has 1 fully saturated rings. The molecule has 0 aliphatic heterocycles. The van der Waals surface area contributed by atoms with Gasteiger partial charge >= 0.3 is 0 Å². The summed E-state index contributed by atoms with van der Waals surface area (Å²) in [4.78, 5) is 20.5. The number of benzene rings is 1. The summed E-state index contributed by atoms with van der Waals surface area (Å²) in [5.74, 6) is 2.05. The highest BCUT2D eigenvalue weighted by atomic mass is 16.1. The predicted octanol–water partition coefficient (Wildman–Crippen LogP) is 4.74. The van der Waals surface area contributed by atoms with Gasteiger partial charge in [-0.3, -0.25) is 4.79 Å². The van der Waals surface area contributed by atoms with E-state index in [9.17, 15) is 4.79 Å². The minimum absolute atomic E-state index is 0.0590. The minimum Gasteiger partial charge on any atom is -0.346 e. The van der Waals surface area contributed by atoms with Gasteiger partial charge in [0.15, 0.2) is 0 Å².